The summed E-state index contributed by atoms with van der Waals surface area (Å²) in [5.74, 6) is -0.818. The predicted octanol–water partition coefficient (Wildman–Crippen LogP) is 1.46. The fourth-order valence-corrected chi connectivity index (χ4v) is 1.33. The molecule has 0 aromatic heterocycles. The first-order valence-corrected chi connectivity index (χ1v) is 5.46. The van der Waals surface area contributed by atoms with E-state index in [4.69, 9.17) is 0 Å². The van der Waals surface area contributed by atoms with Crippen molar-refractivity contribution in [3.63, 3.8) is 0 Å². The first-order valence-electron chi connectivity index (χ1n) is 5.46. The van der Waals surface area contributed by atoms with E-state index < -0.39 is 17.6 Å². The van der Waals surface area contributed by atoms with Gasteiger partial charge in [0.2, 0.25) is 11.8 Å². The molecule has 104 valence electrons. The van der Waals surface area contributed by atoms with Gasteiger partial charge in [-0.15, -0.1) is 0 Å². The molecule has 0 unspecified atom stereocenters. The molecular formula is C12H13F3N2O2. The van der Waals surface area contributed by atoms with Crippen molar-refractivity contribution in [3.8, 4) is 0 Å². The van der Waals surface area contributed by atoms with Crippen molar-refractivity contribution in [1.29, 1.82) is 0 Å². The molecule has 0 aliphatic carbocycles. The summed E-state index contributed by atoms with van der Waals surface area (Å²) in [7, 11) is 0. The molecule has 19 heavy (non-hydrogen) atoms. The summed E-state index contributed by atoms with van der Waals surface area (Å²) in [6.07, 6.45) is -4.41. The lowest BCUT2D eigenvalue weighted by molar-refractivity contribution is -0.137. The molecule has 4 nitrogen and oxygen atoms in total. The third-order valence-electron chi connectivity index (χ3n) is 2.24. The van der Waals surface area contributed by atoms with Gasteiger partial charge in [-0.3, -0.25) is 9.59 Å². The number of amides is 2. The molecule has 1 aromatic rings. The van der Waals surface area contributed by atoms with Gasteiger partial charge in [0.15, 0.2) is 0 Å². The maximum Gasteiger partial charge on any atom is 0.416 e. The highest BCUT2D eigenvalue weighted by molar-refractivity contribution is 5.83. The van der Waals surface area contributed by atoms with E-state index in [0.717, 1.165) is 12.1 Å². The molecule has 0 saturated carbocycles. The number of hydrogen-bond donors (Lipinski definition) is 2. The second-order valence-electron chi connectivity index (χ2n) is 3.88. The second-order valence-corrected chi connectivity index (χ2v) is 3.88. The van der Waals surface area contributed by atoms with Crippen LogP contribution in [0.3, 0.4) is 0 Å². The van der Waals surface area contributed by atoms with Gasteiger partial charge in [0.25, 0.3) is 0 Å². The van der Waals surface area contributed by atoms with Gasteiger partial charge in [-0.05, 0) is 17.7 Å². The number of hydrogen-bond acceptors (Lipinski definition) is 2. The van der Waals surface area contributed by atoms with Gasteiger partial charge < -0.3 is 10.6 Å². The molecule has 0 fully saturated rings. The fourth-order valence-electron chi connectivity index (χ4n) is 1.33. The molecule has 0 aliphatic heterocycles. The van der Waals surface area contributed by atoms with E-state index in [1.165, 1.54) is 19.1 Å². The van der Waals surface area contributed by atoms with E-state index in [1.54, 1.807) is 0 Å². The highest BCUT2D eigenvalue weighted by Crippen LogP contribution is 2.29. The fraction of sp³-hybridized carbons (Fsp3) is 0.333. The summed E-state index contributed by atoms with van der Waals surface area (Å²) in [4.78, 5) is 21.8. The Morgan fingerprint density at radius 2 is 1.89 bits per heavy atom. The summed E-state index contributed by atoms with van der Waals surface area (Å²) in [5.41, 5.74) is -0.424. The molecule has 0 radical (unpaired) electrons. The summed E-state index contributed by atoms with van der Waals surface area (Å²) in [6.45, 7) is 1.04. The Kier molecular flexibility index (Phi) is 4.91. The lowest BCUT2D eigenvalue weighted by Gasteiger charge is -2.09. The van der Waals surface area contributed by atoms with Crippen LogP contribution in [0.15, 0.2) is 24.3 Å². The van der Waals surface area contributed by atoms with Crippen LogP contribution in [0.5, 0.6) is 0 Å². The molecule has 0 atom stereocenters. The lowest BCUT2D eigenvalue weighted by atomic mass is 10.1. The summed E-state index contributed by atoms with van der Waals surface area (Å²) >= 11 is 0. The molecule has 0 spiro atoms. The Morgan fingerprint density at radius 3 is 2.47 bits per heavy atom. The van der Waals surface area contributed by atoms with Gasteiger partial charge in [0, 0.05) is 13.5 Å². The highest BCUT2D eigenvalue weighted by Gasteiger charge is 2.30. The summed E-state index contributed by atoms with van der Waals surface area (Å²) in [5, 5.41) is 4.70. The Labute approximate surface area is 108 Å². The summed E-state index contributed by atoms with van der Waals surface area (Å²) < 4.78 is 37.3. The molecule has 0 saturated heterocycles. The van der Waals surface area contributed by atoms with Crippen LogP contribution in [-0.2, 0) is 22.3 Å². The van der Waals surface area contributed by atoms with E-state index in [9.17, 15) is 22.8 Å². The Hall–Kier alpha value is -2.05. The maximum absolute atomic E-state index is 12.4. The van der Waals surface area contributed by atoms with E-state index in [2.05, 4.69) is 10.6 Å². The second kappa shape index (κ2) is 6.21. The standard InChI is InChI=1S/C12H13F3N2O2/c1-8(18)16-7-11(19)17-6-9-3-2-4-10(5-9)12(13,14)15/h2-5H,6-7H2,1H3,(H,16,18)(H,17,19). The molecule has 1 aromatic carbocycles. The van der Waals surface area contributed by atoms with Crippen molar-refractivity contribution >= 4 is 11.8 Å². The van der Waals surface area contributed by atoms with E-state index in [0.29, 0.717) is 5.56 Å². The van der Waals surface area contributed by atoms with Gasteiger partial charge in [0.05, 0.1) is 12.1 Å². The zero-order chi connectivity index (χ0) is 14.5. The highest BCUT2D eigenvalue weighted by atomic mass is 19.4. The largest absolute Gasteiger partial charge is 0.416 e. The average molecular weight is 274 g/mol. The number of nitrogens with one attached hydrogen (secondary N) is 2. The first-order chi connectivity index (χ1) is 8.79. The maximum atomic E-state index is 12.4. The summed E-state index contributed by atoms with van der Waals surface area (Å²) in [6, 6.07) is 4.69. The molecule has 0 bridgehead atoms. The molecule has 0 heterocycles. The number of alkyl halides is 3. The van der Waals surface area contributed by atoms with Crippen molar-refractivity contribution in [2.24, 2.45) is 0 Å². The minimum Gasteiger partial charge on any atom is -0.350 e. The molecule has 2 N–H and O–H groups in total. The minimum atomic E-state index is -4.41. The average Bonchev–Trinajstić information content (AvgIpc) is 2.33. The monoisotopic (exact) mass is 274 g/mol. The van der Waals surface area contributed by atoms with Crippen LogP contribution in [0, 0.1) is 0 Å². The van der Waals surface area contributed by atoms with Crippen LogP contribution >= 0.6 is 0 Å². The predicted molar refractivity (Wildman–Crippen MR) is 62.0 cm³/mol. The van der Waals surface area contributed by atoms with Crippen LogP contribution in [0.1, 0.15) is 18.1 Å². The number of rotatable bonds is 4. The number of halogens is 3. The van der Waals surface area contributed by atoms with Crippen LogP contribution < -0.4 is 10.6 Å². The quantitative estimate of drug-likeness (QED) is 0.873. The Balaban J connectivity index is 2.54. The van der Waals surface area contributed by atoms with Crippen molar-refractivity contribution in [3.05, 3.63) is 35.4 Å². The van der Waals surface area contributed by atoms with E-state index in [1.807, 2.05) is 0 Å². The topological polar surface area (TPSA) is 58.2 Å². The number of carbonyl (C=O) groups is 2. The molecule has 2 amide bonds. The SMILES string of the molecule is CC(=O)NCC(=O)NCc1cccc(C(F)(F)F)c1. The minimum absolute atomic E-state index is 0.0255. The van der Waals surface area contributed by atoms with Crippen LogP contribution in [0.4, 0.5) is 13.2 Å². The van der Waals surface area contributed by atoms with Gasteiger partial charge in [-0.2, -0.15) is 13.2 Å². The third kappa shape index (κ3) is 5.41. The Bertz CT molecular complexity index is 472. The third-order valence-corrected chi connectivity index (χ3v) is 2.24. The van der Waals surface area contributed by atoms with Crippen molar-refractivity contribution in [2.45, 2.75) is 19.6 Å². The number of carbonyl (C=O) groups excluding carboxylic acids is 2. The van der Waals surface area contributed by atoms with Gasteiger partial charge in [-0.25, -0.2) is 0 Å². The number of benzene rings is 1. The molecule has 1 rings (SSSR count). The van der Waals surface area contributed by atoms with E-state index in [-0.39, 0.29) is 19.0 Å². The van der Waals surface area contributed by atoms with Crippen LogP contribution in [0.2, 0.25) is 0 Å². The van der Waals surface area contributed by atoms with Crippen molar-refractivity contribution in [2.75, 3.05) is 6.54 Å². The zero-order valence-corrected chi connectivity index (χ0v) is 10.2. The normalized spacial score (nSPS) is 10.9. The van der Waals surface area contributed by atoms with Crippen LogP contribution in [-0.4, -0.2) is 18.4 Å². The van der Waals surface area contributed by atoms with Crippen LogP contribution in [0.25, 0.3) is 0 Å². The van der Waals surface area contributed by atoms with Crippen molar-refractivity contribution < 1.29 is 22.8 Å². The smallest absolute Gasteiger partial charge is 0.350 e. The first kappa shape index (κ1) is 15.0. The molecular weight excluding hydrogens is 261 g/mol. The lowest BCUT2D eigenvalue weighted by Crippen LogP contribution is -2.35. The van der Waals surface area contributed by atoms with Gasteiger partial charge >= 0.3 is 6.18 Å². The Morgan fingerprint density at radius 1 is 1.21 bits per heavy atom. The van der Waals surface area contributed by atoms with Crippen molar-refractivity contribution in [1.82, 2.24) is 10.6 Å². The zero-order valence-electron chi connectivity index (χ0n) is 10.2. The van der Waals surface area contributed by atoms with Gasteiger partial charge in [-0.1, -0.05) is 12.1 Å². The molecule has 0 aliphatic rings. The van der Waals surface area contributed by atoms with Gasteiger partial charge in [0.1, 0.15) is 0 Å². The van der Waals surface area contributed by atoms with E-state index >= 15 is 0 Å². The molecule has 7 heteroatoms.